The minimum Gasteiger partial charge on any atom is -0.426 e. The van der Waals surface area contributed by atoms with Gasteiger partial charge in [-0.15, -0.1) is 0 Å². The zero-order chi connectivity index (χ0) is 23.6. The van der Waals surface area contributed by atoms with E-state index in [1.165, 1.54) is 30.3 Å². The molecule has 0 bridgehead atoms. The molecule has 0 amide bonds. The number of aryl methyl sites for hydroxylation is 1. The third kappa shape index (κ3) is 4.75. The number of non-ortho nitro benzene ring substituents is 1. The Morgan fingerprint density at radius 1 is 1.09 bits per heavy atom. The smallest absolute Gasteiger partial charge is 0.319 e. The Bertz CT molecular complexity index is 1370. The second-order valence-corrected chi connectivity index (χ2v) is 9.15. The van der Waals surface area contributed by atoms with Crippen molar-refractivity contribution in [3.8, 4) is 5.75 Å². The van der Waals surface area contributed by atoms with Gasteiger partial charge in [-0.3, -0.25) is 14.9 Å². The number of carbonyl (C=O) groups excluding carboxylic acids is 1. The van der Waals surface area contributed by atoms with Crippen molar-refractivity contribution < 1.29 is 22.9 Å². The van der Waals surface area contributed by atoms with E-state index in [4.69, 9.17) is 4.74 Å². The van der Waals surface area contributed by atoms with Crippen molar-refractivity contribution in [1.82, 2.24) is 4.83 Å². The number of nitro benzene ring substituents is 1. The van der Waals surface area contributed by atoms with Crippen molar-refractivity contribution in [3.05, 3.63) is 99.6 Å². The number of benzene rings is 3. The first-order valence-corrected chi connectivity index (χ1v) is 11.4. The van der Waals surface area contributed by atoms with Gasteiger partial charge >= 0.3 is 5.97 Å². The summed E-state index contributed by atoms with van der Waals surface area (Å²) in [6.45, 7) is 1.83. The molecule has 0 unspecified atom stereocenters. The first kappa shape index (κ1) is 22.2. The quantitative estimate of drug-likeness (QED) is 0.186. The molecular formula is C23H19N3O6S. The third-order valence-electron chi connectivity index (χ3n) is 5.21. The van der Waals surface area contributed by atoms with Crippen molar-refractivity contribution in [2.24, 2.45) is 5.10 Å². The lowest BCUT2D eigenvalue weighted by atomic mass is 9.92. The van der Waals surface area contributed by atoms with Crippen LogP contribution in [0, 0.1) is 17.0 Å². The highest BCUT2D eigenvalue weighted by molar-refractivity contribution is 7.89. The molecule has 0 aliphatic carbocycles. The third-order valence-corrected chi connectivity index (χ3v) is 6.43. The van der Waals surface area contributed by atoms with Crippen LogP contribution in [0.3, 0.4) is 0 Å². The zero-order valence-corrected chi connectivity index (χ0v) is 18.3. The normalized spacial score (nSPS) is 15.6. The van der Waals surface area contributed by atoms with E-state index in [9.17, 15) is 23.3 Å². The summed E-state index contributed by atoms with van der Waals surface area (Å²) in [5.41, 5.74) is 1.83. The van der Waals surface area contributed by atoms with E-state index >= 15 is 0 Å². The molecule has 9 nitrogen and oxygen atoms in total. The van der Waals surface area contributed by atoms with Crippen LogP contribution in [0.25, 0.3) is 0 Å². The number of hydrogen-bond acceptors (Lipinski definition) is 7. The number of ether oxygens (including phenoxy) is 1. The molecule has 10 heteroatoms. The number of carbonyl (C=O) groups is 1. The molecule has 1 N–H and O–H groups in total. The number of nitrogens with one attached hydrogen (secondary N) is 1. The summed E-state index contributed by atoms with van der Waals surface area (Å²) < 4.78 is 30.8. The second kappa shape index (κ2) is 8.83. The fraction of sp³-hybridized carbons (Fsp3) is 0.130. The standard InChI is InChI=1S/C23H19N3O6S/c1-15-9-11-18(12-10-15)33(30,31)25-24-21(16-5-4-6-17(13-16)26(28)29)14-20-19-7-2-3-8-22(19)32-23(20)27/h2-13,20,25H,14H2,1H3/b24-21+/t20-/m0/s1. The number of hydrazone groups is 1. The van der Waals surface area contributed by atoms with Gasteiger partial charge in [0.2, 0.25) is 0 Å². The first-order valence-electron chi connectivity index (χ1n) is 9.95. The molecule has 168 valence electrons. The highest BCUT2D eigenvalue weighted by Gasteiger charge is 2.34. The van der Waals surface area contributed by atoms with Crippen LogP contribution in [0.4, 0.5) is 5.69 Å². The average Bonchev–Trinajstić information content (AvgIpc) is 3.11. The number of fused-ring (bicyclic) bond motifs is 1. The Hall–Kier alpha value is -4.05. The zero-order valence-electron chi connectivity index (χ0n) is 17.5. The Labute approximate surface area is 189 Å². The highest BCUT2D eigenvalue weighted by atomic mass is 32.2. The molecule has 0 radical (unpaired) electrons. The lowest BCUT2D eigenvalue weighted by Crippen LogP contribution is -2.23. The molecule has 3 aromatic rings. The number of nitrogens with zero attached hydrogens (tertiary/aromatic N) is 2. The second-order valence-electron chi connectivity index (χ2n) is 7.49. The molecule has 1 heterocycles. The number of rotatable bonds is 7. The molecule has 33 heavy (non-hydrogen) atoms. The first-order chi connectivity index (χ1) is 15.7. The van der Waals surface area contributed by atoms with Crippen LogP contribution in [0.15, 0.2) is 82.8 Å². The van der Waals surface area contributed by atoms with Gasteiger partial charge in [0.05, 0.1) is 21.4 Å². The SMILES string of the molecule is Cc1ccc(S(=O)(=O)N/N=C(\C[C@@H]2C(=O)Oc3ccccc32)c2cccc([N+](=O)[O-])c2)cc1. The fourth-order valence-corrected chi connectivity index (χ4v) is 4.30. The summed E-state index contributed by atoms with van der Waals surface area (Å²) in [5, 5.41) is 15.3. The minimum atomic E-state index is -4.00. The molecule has 0 aromatic heterocycles. The van der Waals surface area contributed by atoms with Gasteiger partial charge in [0.25, 0.3) is 15.7 Å². The van der Waals surface area contributed by atoms with Crippen molar-refractivity contribution >= 4 is 27.4 Å². The van der Waals surface area contributed by atoms with E-state index in [0.29, 0.717) is 16.9 Å². The van der Waals surface area contributed by atoms with E-state index in [-0.39, 0.29) is 22.7 Å². The van der Waals surface area contributed by atoms with E-state index in [2.05, 4.69) is 9.93 Å². The van der Waals surface area contributed by atoms with E-state index in [0.717, 1.165) is 5.56 Å². The maximum atomic E-state index is 12.7. The van der Waals surface area contributed by atoms with Crippen LogP contribution in [0.1, 0.15) is 29.0 Å². The Morgan fingerprint density at radius 3 is 2.55 bits per heavy atom. The summed E-state index contributed by atoms with van der Waals surface area (Å²) in [6, 6.07) is 18.8. The van der Waals surface area contributed by atoms with Gasteiger partial charge < -0.3 is 4.74 Å². The van der Waals surface area contributed by atoms with Gasteiger partial charge in [0.1, 0.15) is 5.75 Å². The molecule has 0 fully saturated rings. The van der Waals surface area contributed by atoms with Crippen LogP contribution in [0.2, 0.25) is 0 Å². The predicted octanol–water partition coefficient (Wildman–Crippen LogP) is 3.68. The number of para-hydroxylation sites is 1. The van der Waals surface area contributed by atoms with Gasteiger partial charge in [-0.2, -0.15) is 18.4 Å². The monoisotopic (exact) mass is 465 g/mol. The lowest BCUT2D eigenvalue weighted by Gasteiger charge is -2.12. The van der Waals surface area contributed by atoms with E-state index in [1.807, 2.05) is 6.92 Å². The summed E-state index contributed by atoms with van der Waals surface area (Å²) in [7, 11) is -4.00. The molecule has 3 aromatic carbocycles. The largest absolute Gasteiger partial charge is 0.426 e. The van der Waals surface area contributed by atoms with Crippen LogP contribution in [0.5, 0.6) is 5.75 Å². The summed E-state index contributed by atoms with van der Waals surface area (Å²) in [4.78, 5) is 25.4. The Morgan fingerprint density at radius 2 is 1.82 bits per heavy atom. The van der Waals surface area contributed by atoms with E-state index in [1.54, 1.807) is 42.5 Å². The van der Waals surface area contributed by atoms with Crippen LogP contribution < -0.4 is 9.57 Å². The molecule has 4 rings (SSSR count). The van der Waals surface area contributed by atoms with Crippen molar-refractivity contribution in [2.45, 2.75) is 24.2 Å². The molecule has 0 saturated carbocycles. The van der Waals surface area contributed by atoms with Crippen LogP contribution in [-0.2, 0) is 14.8 Å². The molecule has 0 saturated heterocycles. The van der Waals surface area contributed by atoms with E-state index < -0.39 is 26.8 Å². The Balaban J connectivity index is 1.72. The molecular weight excluding hydrogens is 446 g/mol. The maximum absolute atomic E-state index is 12.7. The molecule has 1 aliphatic heterocycles. The van der Waals surface area contributed by atoms with Crippen molar-refractivity contribution in [3.63, 3.8) is 0 Å². The van der Waals surface area contributed by atoms with Gasteiger partial charge in [-0.05, 0) is 25.1 Å². The summed E-state index contributed by atoms with van der Waals surface area (Å²) in [5.74, 6) is -0.815. The van der Waals surface area contributed by atoms with Gasteiger partial charge in [-0.25, -0.2) is 0 Å². The van der Waals surface area contributed by atoms with Gasteiger partial charge in [-0.1, -0.05) is 48.0 Å². The topological polar surface area (TPSA) is 128 Å². The maximum Gasteiger partial charge on any atom is 0.319 e. The summed E-state index contributed by atoms with van der Waals surface area (Å²) >= 11 is 0. The lowest BCUT2D eigenvalue weighted by molar-refractivity contribution is -0.384. The van der Waals surface area contributed by atoms with Crippen LogP contribution in [-0.4, -0.2) is 25.0 Å². The Kier molecular flexibility index (Phi) is 5.93. The van der Waals surface area contributed by atoms with Gasteiger partial charge in [0, 0.05) is 29.7 Å². The average molecular weight is 465 g/mol. The molecule has 1 aliphatic rings. The van der Waals surface area contributed by atoms with Crippen molar-refractivity contribution in [2.75, 3.05) is 0 Å². The number of nitro groups is 1. The predicted molar refractivity (Wildman–Crippen MR) is 121 cm³/mol. The number of sulfonamides is 1. The fourth-order valence-electron chi connectivity index (χ4n) is 3.47. The van der Waals surface area contributed by atoms with Gasteiger partial charge in [0.15, 0.2) is 0 Å². The number of hydrogen-bond donors (Lipinski definition) is 1. The van der Waals surface area contributed by atoms with Crippen molar-refractivity contribution in [1.29, 1.82) is 0 Å². The molecule has 1 atom stereocenters. The minimum absolute atomic E-state index is 0.0147. The number of esters is 1. The van der Waals surface area contributed by atoms with Crippen LogP contribution >= 0.6 is 0 Å². The highest BCUT2D eigenvalue weighted by Crippen LogP contribution is 2.37. The summed E-state index contributed by atoms with van der Waals surface area (Å²) in [6.07, 6.45) is -0.0204. The molecule has 0 spiro atoms.